The molecular weight excluding hydrogens is 400 g/mol. The number of methoxy groups -OCH3 is 2. The Bertz CT molecular complexity index is 1290. The van der Waals surface area contributed by atoms with E-state index in [1.54, 1.807) is 18.7 Å². The summed E-state index contributed by atoms with van der Waals surface area (Å²) in [7, 11) is 3.31. The Morgan fingerprint density at radius 2 is 1.63 bits per heavy atom. The average molecular weight is 418 g/mol. The van der Waals surface area contributed by atoms with Gasteiger partial charge in [-0.3, -0.25) is 5.10 Å². The number of aromatic amines is 1. The maximum Gasteiger partial charge on any atom is 0.235 e. The molecule has 1 N–H and O–H groups in total. The second kappa shape index (κ2) is 7.60. The van der Waals surface area contributed by atoms with Crippen molar-refractivity contribution >= 4 is 16.3 Å². The first kappa shape index (κ1) is 18.3. The average Bonchev–Trinajstić information content (AvgIpc) is 3.50. The molecule has 3 heterocycles. The monoisotopic (exact) mass is 418 g/mol. The molecular formula is C21H18N6O2S. The van der Waals surface area contributed by atoms with Gasteiger partial charge in [-0.15, -0.1) is 10.2 Å². The molecule has 30 heavy (non-hydrogen) atoms. The summed E-state index contributed by atoms with van der Waals surface area (Å²) in [6, 6.07) is 17.7. The van der Waals surface area contributed by atoms with E-state index < -0.39 is 0 Å². The molecule has 3 aromatic heterocycles. The lowest BCUT2D eigenvalue weighted by molar-refractivity contribution is 0.414. The highest BCUT2D eigenvalue weighted by Crippen LogP contribution is 2.26. The summed E-state index contributed by atoms with van der Waals surface area (Å²) in [6.45, 7) is 0. The second-order valence-electron chi connectivity index (χ2n) is 6.63. The Hall–Kier alpha value is -3.72. The first-order valence-corrected chi connectivity index (χ1v) is 10.1. The minimum absolute atomic E-state index is 0.634. The molecule has 0 fully saturated rings. The molecule has 0 bridgehead atoms. The minimum Gasteiger partial charge on any atom is -0.497 e. The minimum atomic E-state index is 0.634. The number of H-pyrrole nitrogens is 1. The summed E-state index contributed by atoms with van der Waals surface area (Å²) in [5, 5.41) is 21.7. The van der Waals surface area contributed by atoms with Crippen LogP contribution >= 0.6 is 11.3 Å². The Morgan fingerprint density at radius 1 is 0.933 bits per heavy atom. The van der Waals surface area contributed by atoms with Crippen molar-refractivity contribution in [3.63, 3.8) is 0 Å². The molecule has 0 saturated carbocycles. The Balaban J connectivity index is 1.41. The molecule has 0 aliphatic rings. The molecule has 0 radical (unpaired) electrons. The third kappa shape index (κ3) is 3.39. The SMILES string of the molecule is COc1ccc(Cc2nn3c(-c4cc(-c5ccc(OC)cc5)n[nH]4)nnc3s2)cc1. The van der Waals surface area contributed by atoms with Crippen molar-refractivity contribution < 1.29 is 9.47 Å². The van der Waals surface area contributed by atoms with Crippen LogP contribution in [0.25, 0.3) is 27.7 Å². The van der Waals surface area contributed by atoms with Crippen LogP contribution in [-0.2, 0) is 6.42 Å². The fraction of sp³-hybridized carbons (Fsp3) is 0.143. The third-order valence-corrected chi connectivity index (χ3v) is 5.65. The third-order valence-electron chi connectivity index (χ3n) is 4.75. The molecule has 150 valence electrons. The fourth-order valence-corrected chi connectivity index (χ4v) is 4.03. The number of hydrogen-bond acceptors (Lipinski definition) is 7. The van der Waals surface area contributed by atoms with Gasteiger partial charge in [-0.2, -0.15) is 14.7 Å². The van der Waals surface area contributed by atoms with Crippen LogP contribution in [0.4, 0.5) is 0 Å². The normalized spacial score (nSPS) is 11.1. The number of ether oxygens (including phenoxy) is 2. The maximum atomic E-state index is 5.21. The van der Waals surface area contributed by atoms with Crippen LogP contribution < -0.4 is 9.47 Å². The molecule has 0 atom stereocenters. The standard InChI is InChI=1S/C21H18N6O2S/c1-28-15-7-3-13(4-8-15)11-19-26-27-20(24-25-21(27)30-19)18-12-17(22-23-18)14-5-9-16(29-2)10-6-14/h3-10,12H,11H2,1-2H3,(H,22,23). The lowest BCUT2D eigenvalue weighted by Crippen LogP contribution is -1.94. The predicted molar refractivity (Wildman–Crippen MR) is 114 cm³/mol. The molecule has 9 heteroatoms. The van der Waals surface area contributed by atoms with E-state index in [1.165, 1.54) is 11.3 Å². The van der Waals surface area contributed by atoms with Crippen molar-refractivity contribution in [1.82, 2.24) is 30.0 Å². The van der Waals surface area contributed by atoms with Crippen molar-refractivity contribution in [2.75, 3.05) is 14.2 Å². The van der Waals surface area contributed by atoms with Crippen LogP contribution in [0.5, 0.6) is 11.5 Å². The molecule has 5 rings (SSSR count). The van der Waals surface area contributed by atoms with E-state index in [2.05, 4.69) is 20.4 Å². The summed E-state index contributed by atoms with van der Waals surface area (Å²) in [5.41, 5.74) is 3.72. The lowest BCUT2D eigenvalue weighted by atomic mass is 10.1. The highest BCUT2D eigenvalue weighted by Gasteiger charge is 2.16. The van der Waals surface area contributed by atoms with E-state index in [9.17, 15) is 0 Å². The highest BCUT2D eigenvalue weighted by molar-refractivity contribution is 7.16. The van der Waals surface area contributed by atoms with E-state index >= 15 is 0 Å². The lowest BCUT2D eigenvalue weighted by Gasteiger charge is -2.01. The van der Waals surface area contributed by atoms with E-state index in [4.69, 9.17) is 14.6 Å². The van der Waals surface area contributed by atoms with Gasteiger partial charge in [0.1, 0.15) is 22.2 Å². The number of hydrogen-bond donors (Lipinski definition) is 1. The molecule has 0 unspecified atom stereocenters. The van der Waals surface area contributed by atoms with E-state index in [1.807, 2.05) is 54.6 Å². The quantitative estimate of drug-likeness (QED) is 0.450. The topological polar surface area (TPSA) is 90.2 Å². The van der Waals surface area contributed by atoms with Gasteiger partial charge in [0.15, 0.2) is 0 Å². The van der Waals surface area contributed by atoms with Gasteiger partial charge in [0.25, 0.3) is 0 Å². The van der Waals surface area contributed by atoms with Gasteiger partial charge in [0.05, 0.1) is 19.9 Å². The molecule has 0 aliphatic heterocycles. The molecule has 0 aliphatic carbocycles. The van der Waals surface area contributed by atoms with Gasteiger partial charge in [-0.05, 0) is 48.0 Å². The van der Waals surface area contributed by atoms with Crippen molar-refractivity contribution in [3.8, 4) is 34.3 Å². The first-order chi connectivity index (χ1) is 14.7. The van der Waals surface area contributed by atoms with Crippen LogP contribution in [0.15, 0.2) is 54.6 Å². The highest BCUT2D eigenvalue weighted by atomic mass is 32.1. The second-order valence-corrected chi connectivity index (χ2v) is 7.67. The predicted octanol–water partition coefficient (Wildman–Crippen LogP) is 3.85. The number of aromatic nitrogens is 6. The van der Waals surface area contributed by atoms with E-state index in [0.29, 0.717) is 5.82 Å². The summed E-state index contributed by atoms with van der Waals surface area (Å²) in [5.74, 6) is 2.28. The number of nitrogens with one attached hydrogen (secondary N) is 1. The van der Waals surface area contributed by atoms with Gasteiger partial charge in [0.2, 0.25) is 10.8 Å². The number of fused-ring (bicyclic) bond motifs is 1. The summed E-state index contributed by atoms with van der Waals surface area (Å²) in [4.78, 5) is 0.745. The fourth-order valence-electron chi connectivity index (χ4n) is 3.16. The molecule has 8 nitrogen and oxygen atoms in total. The van der Waals surface area contributed by atoms with Crippen LogP contribution in [0.3, 0.4) is 0 Å². The van der Waals surface area contributed by atoms with Gasteiger partial charge in [-0.25, -0.2) is 0 Å². The number of rotatable bonds is 6. The number of benzene rings is 2. The summed E-state index contributed by atoms with van der Waals surface area (Å²) < 4.78 is 12.2. The van der Waals surface area contributed by atoms with Gasteiger partial charge in [-0.1, -0.05) is 23.5 Å². The zero-order chi connectivity index (χ0) is 20.5. The Kier molecular flexibility index (Phi) is 4.64. The molecule has 0 amide bonds. The van der Waals surface area contributed by atoms with Crippen molar-refractivity contribution in [1.29, 1.82) is 0 Å². The largest absolute Gasteiger partial charge is 0.497 e. The van der Waals surface area contributed by atoms with Crippen molar-refractivity contribution in [3.05, 3.63) is 65.2 Å². The van der Waals surface area contributed by atoms with Crippen molar-refractivity contribution in [2.24, 2.45) is 0 Å². The van der Waals surface area contributed by atoms with Gasteiger partial charge >= 0.3 is 0 Å². The first-order valence-electron chi connectivity index (χ1n) is 9.28. The Morgan fingerprint density at radius 3 is 2.33 bits per heavy atom. The Labute approximate surface area is 176 Å². The molecule has 0 saturated heterocycles. The number of nitrogens with zero attached hydrogens (tertiary/aromatic N) is 5. The zero-order valence-corrected chi connectivity index (χ0v) is 17.2. The van der Waals surface area contributed by atoms with Crippen molar-refractivity contribution in [2.45, 2.75) is 6.42 Å². The van der Waals surface area contributed by atoms with E-state index in [-0.39, 0.29) is 0 Å². The summed E-state index contributed by atoms with van der Waals surface area (Å²) in [6.07, 6.45) is 0.720. The smallest absolute Gasteiger partial charge is 0.235 e. The van der Waals surface area contributed by atoms with Crippen LogP contribution in [0.1, 0.15) is 10.6 Å². The summed E-state index contributed by atoms with van der Waals surface area (Å²) >= 11 is 1.52. The molecule has 2 aromatic carbocycles. The van der Waals surface area contributed by atoms with Gasteiger partial charge < -0.3 is 9.47 Å². The van der Waals surface area contributed by atoms with Crippen LogP contribution in [-0.4, -0.2) is 44.2 Å². The molecule has 0 spiro atoms. The molecule has 5 aromatic rings. The van der Waals surface area contributed by atoms with Gasteiger partial charge in [0, 0.05) is 12.0 Å². The van der Waals surface area contributed by atoms with E-state index in [0.717, 1.165) is 50.4 Å². The zero-order valence-electron chi connectivity index (χ0n) is 16.4. The van der Waals surface area contributed by atoms with Crippen LogP contribution in [0.2, 0.25) is 0 Å². The van der Waals surface area contributed by atoms with Crippen LogP contribution in [0, 0.1) is 0 Å². The maximum absolute atomic E-state index is 5.21.